The molecule has 9 heteroatoms. The van der Waals surface area contributed by atoms with Crippen LogP contribution in [0, 0.1) is 5.41 Å². The van der Waals surface area contributed by atoms with E-state index < -0.39 is 17.9 Å². The van der Waals surface area contributed by atoms with E-state index in [2.05, 4.69) is 4.99 Å². The lowest BCUT2D eigenvalue weighted by molar-refractivity contribution is -0.0925. The van der Waals surface area contributed by atoms with Crippen LogP contribution in [0.2, 0.25) is 0 Å². The van der Waals surface area contributed by atoms with Crippen molar-refractivity contribution in [2.75, 3.05) is 13.1 Å². The van der Waals surface area contributed by atoms with E-state index in [-0.39, 0.29) is 13.1 Å². The highest BCUT2D eigenvalue weighted by atomic mass is 19.4. The molecule has 17 heavy (non-hydrogen) atoms. The number of rotatable bonds is 5. The van der Waals surface area contributed by atoms with Gasteiger partial charge in [-0.2, -0.15) is 13.2 Å². The molecule has 6 nitrogen and oxygen atoms in total. The van der Waals surface area contributed by atoms with E-state index in [1.807, 2.05) is 0 Å². The van der Waals surface area contributed by atoms with Crippen LogP contribution in [0.15, 0.2) is 16.8 Å². The highest BCUT2D eigenvalue weighted by Gasteiger charge is 2.30. The molecule has 5 N–H and O–H groups in total. The summed E-state index contributed by atoms with van der Waals surface area (Å²) in [7, 11) is 0. The van der Waals surface area contributed by atoms with Crippen molar-refractivity contribution >= 4 is 18.6 Å². The highest BCUT2D eigenvalue weighted by molar-refractivity contribution is 5.84. The minimum absolute atomic E-state index is 0.00902. The van der Waals surface area contributed by atoms with Crippen LogP contribution >= 0.6 is 0 Å². The molecule has 2 amide bonds. The summed E-state index contributed by atoms with van der Waals surface area (Å²) in [6, 6.07) is -0.833. The second kappa shape index (κ2) is 6.51. The standard InChI is InChI=1S/C8H12F3N5O/c9-8(10,11)6(13)1-2-15-3-4-16(5-12)7(14)17/h1-2,5,12H,3-4,13H2,(H2,14,17)/b6-1-,12-5?,15-2?. The smallest absolute Gasteiger partial charge is 0.395 e. The van der Waals surface area contributed by atoms with E-state index in [1.54, 1.807) is 0 Å². The van der Waals surface area contributed by atoms with E-state index >= 15 is 0 Å². The van der Waals surface area contributed by atoms with Gasteiger partial charge in [-0.1, -0.05) is 0 Å². The van der Waals surface area contributed by atoms with Crippen molar-refractivity contribution in [3.63, 3.8) is 0 Å². The van der Waals surface area contributed by atoms with Gasteiger partial charge in [-0.3, -0.25) is 15.3 Å². The number of carbonyl (C=O) groups excluding carboxylic acids is 1. The zero-order valence-electron chi connectivity index (χ0n) is 8.74. The SMILES string of the molecule is N=CN(CCN=C/C=C(\N)C(F)(F)F)C(N)=O. The first-order chi connectivity index (χ1) is 7.79. The van der Waals surface area contributed by atoms with Crippen LogP contribution < -0.4 is 11.5 Å². The van der Waals surface area contributed by atoms with Crippen molar-refractivity contribution in [2.45, 2.75) is 6.18 Å². The number of alkyl halides is 3. The highest BCUT2D eigenvalue weighted by Crippen LogP contribution is 2.20. The molecule has 0 aromatic carbocycles. The van der Waals surface area contributed by atoms with Crippen molar-refractivity contribution in [2.24, 2.45) is 16.5 Å². The summed E-state index contributed by atoms with van der Waals surface area (Å²) >= 11 is 0. The molecule has 0 saturated heterocycles. The summed E-state index contributed by atoms with van der Waals surface area (Å²) in [6.45, 7) is 0.0229. The molecular formula is C8H12F3N5O. The molecule has 0 radical (unpaired) electrons. The predicted molar refractivity (Wildman–Crippen MR) is 56.8 cm³/mol. The molecular weight excluding hydrogens is 239 g/mol. The van der Waals surface area contributed by atoms with Crippen molar-refractivity contribution < 1.29 is 18.0 Å². The Morgan fingerprint density at radius 2 is 2.00 bits per heavy atom. The number of carbonyl (C=O) groups is 1. The Morgan fingerprint density at radius 1 is 1.41 bits per heavy atom. The Labute approximate surface area is 95.3 Å². The van der Waals surface area contributed by atoms with Crippen molar-refractivity contribution in [3.8, 4) is 0 Å². The minimum Gasteiger partial charge on any atom is -0.395 e. The average molecular weight is 251 g/mol. The number of hydrogen-bond donors (Lipinski definition) is 3. The number of urea groups is 1. The summed E-state index contributed by atoms with van der Waals surface area (Å²) < 4.78 is 35.7. The first-order valence-electron chi connectivity index (χ1n) is 4.38. The van der Waals surface area contributed by atoms with E-state index in [9.17, 15) is 18.0 Å². The molecule has 0 aromatic rings. The maximum atomic E-state index is 11.9. The van der Waals surface area contributed by atoms with Crippen molar-refractivity contribution in [1.29, 1.82) is 5.41 Å². The number of halogens is 3. The average Bonchev–Trinajstić information content (AvgIpc) is 2.20. The number of aliphatic imine (C=N–C) groups is 1. The number of nitrogens with two attached hydrogens (primary N) is 2. The van der Waals surface area contributed by atoms with Crippen LogP contribution in [0.4, 0.5) is 18.0 Å². The van der Waals surface area contributed by atoms with Gasteiger partial charge in [0.15, 0.2) is 0 Å². The summed E-state index contributed by atoms with van der Waals surface area (Å²) in [5.41, 5.74) is 8.30. The zero-order valence-corrected chi connectivity index (χ0v) is 8.74. The number of hydrogen-bond acceptors (Lipinski definition) is 4. The topological polar surface area (TPSA) is 109 Å². The fourth-order valence-corrected chi connectivity index (χ4v) is 0.706. The molecule has 0 saturated carbocycles. The van der Waals surface area contributed by atoms with Gasteiger partial charge in [0.1, 0.15) is 5.70 Å². The fraction of sp³-hybridized carbons (Fsp3) is 0.375. The Kier molecular flexibility index (Phi) is 5.72. The lowest BCUT2D eigenvalue weighted by atomic mass is 10.4. The van der Waals surface area contributed by atoms with Crippen LogP contribution in [0.1, 0.15) is 0 Å². The van der Waals surface area contributed by atoms with E-state index in [0.29, 0.717) is 12.4 Å². The molecule has 0 aliphatic heterocycles. The molecule has 0 heterocycles. The van der Waals surface area contributed by atoms with Gasteiger partial charge in [-0.15, -0.1) is 0 Å². The van der Waals surface area contributed by atoms with Gasteiger partial charge in [0.25, 0.3) is 0 Å². The van der Waals surface area contributed by atoms with Gasteiger partial charge in [0, 0.05) is 12.8 Å². The third kappa shape index (κ3) is 6.17. The van der Waals surface area contributed by atoms with Crippen LogP contribution in [-0.2, 0) is 0 Å². The lowest BCUT2D eigenvalue weighted by Crippen LogP contribution is -2.36. The number of nitrogens with one attached hydrogen (secondary N) is 1. The van der Waals surface area contributed by atoms with E-state index in [4.69, 9.17) is 16.9 Å². The van der Waals surface area contributed by atoms with Gasteiger partial charge < -0.3 is 11.5 Å². The number of allylic oxidation sites excluding steroid dienone is 2. The van der Waals surface area contributed by atoms with Crippen LogP contribution in [0.3, 0.4) is 0 Å². The summed E-state index contributed by atoms with van der Waals surface area (Å²) in [4.78, 5) is 15.0. The Hall–Kier alpha value is -2.06. The molecule has 96 valence electrons. The third-order valence-electron chi connectivity index (χ3n) is 1.60. The van der Waals surface area contributed by atoms with Gasteiger partial charge in [0.05, 0.1) is 12.9 Å². The molecule has 0 aliphatic carbocycles. The summed E-state index contributed by atoms with van der Waals surface area (Å²) in [5, 5.41) is 6.79. The van der Waals surface area contributed by atoms with E-state index in [0.717, 1.165) is 11.1 Å². The molecule has 0 bridgehead atoms. The monoisotopic (exact) mass is 251 g/mol. The molecule has 0 rings (SSSR count). The molecule has 0 atom stereocenters. The normalized spacial score (nSPS) is 12.8. The van der Waals surface area contributed by atoms with Gasteiger partial charge in [-0.05, 0) is 6.08 Å². The third-order valence-corrected chi connectivity index (χ3v) is 1.60. The molecule has 0 aromatic heterocycles. The van der Waals surface area contributed by atoms with Gasteiger partial charge in [-0.25, -0.2) is 4.79 Å². The Morgan fingerprint density at radius 3 is 2.41 bits per heavy atom. The van der Waals surface area contributed by atoms with E-state index in [1.165, 1.54) is 0 Å². The van der Waals surface area contributed by atoms with Gasteiger partial charge >= 0.3 is 12.2 Å². The van der Waals surface area contributed by atoms with Crippen LogP contribution in [0.25, 0.3) is 0 Å². The van der Waals surface area contributed by atoms with Crippen molar-refractivity contribution in [3.05, 3.63) is 11.8 Å². The first-order valence-corrected chi connectivity index (χ1v) is 4.38. The second-order valence-electron chi connectivity index (χ2n) is 2.84. The van der Waals surface area contributed by atoms with Crippen molar-refractivity contribution in [1.82, 2.24) is 4.90 Å². The minimum atomic E-state index is -4.58. The zero-order chi connectivity index (χ0) is 13.5. The Balaban J connectivity index is 4.14. The molecule has 0 spiro atoms. The number of nitrogens with zero attached hydrogens (tertiary/aromatic N) is 2. The number of amides is 2. The largest absolute Gasteiger partial charge is 0.430 e. The van der Waals surface area contributed by atoms with Gasteiger partial charge in [0.2, 0.25) is 0 Å². The molecule has 0 fully saturated rings. The van der Waals surface area contributed by atoms with Crippen LogP contribution in [0.5, 0.6) is 0 Å². The first kappa shape index (κ1) is 14.9. The fourth-order valence-electron chi connectivity index (χ4n) is 0.706. The molecule has 0 unspecified atom stereocenters. The quantitative estimate of drug-likeness (QED) is 0.487. The summed E-state index contributed by atoms with van der Waals surface area (Å²) in [6.07, 6.45) is -2.39. The summed E-state index contributed by atoms with van der Waals surface area (Å²) in [5.74, 6) is 0. The predicted octanol–water partition coefficient (Wildman–Crippen LogP) is 0.450. The second-order valence-corrected chi connectivity index (χ2v) is 2.84. The maximum Gasteiger partial charge on any atom is 0.430 e. The van der Waals surface area contributed by atoms with Crippen LogP contribution in [-0.4, -0.2) is 42.7 Å². The maximum absolute atomic E-state index is 11.9. The molecule has 0 aliphatic rings. The number of primary amides is 1. The Bertz CT molecular complexity index is 337. The lowest BCUT2D eigenvalue weighted by Gasteiger charge is -2.11.